The lowest BCUT2D eigenvalue weighted by atomic mass is 10.2. The van der Waals surface area contributed by atoms with E-state index < -0.39 is 23.4 Å². The lowest BCUT2D eigenvalue weighted by molar-refractivity contribution is -0.120. The maximum absolute atomic E-state index is 13.6. The Labute approximate surface area is 96.3 Å². The van der Waals surface area contributed by atoms with Crippen LogP contribution in [0.15, 0.2) is 23.8 Å². The van der Waals surface area contributed by atoms with Gasteiger partial charge in [-0.2, -0.15) is 0 Å². The van der Waals surface area contributed by atoms with Gasteiger partial charge in [-0.3, -0.25) is 9.59 Å². The van der Waals surface area contributed by atoms with Crippen LogP contribution >= 0.6 is 0 Å². The van der Waals surface area contributed by atoms with Gasteiger partial charge in [0.05, 0.1) is 5.69 Å². The number of hydrogen-bond acceptors (Lipinski definition) is 2. The minimum atomic E-state index is -0.798. The fourth-order valence-electron chi connectivity index (χ4n) is 1.62. The van der Waals surface area contributed by atoms with Gasteiger partial charge in [0.15, 0.2) is 0 Å². The Hall–Kier alpha value is -2.04. The van der Waals surface area contributed by atoms with E-state index in [0.29, 0.717) is 4.90 Å². The van der Waals surface area contributed by atoms with Crippen molar-refractivity contribution < 1.29 is 18.4 Å². The molecule has 0 atom stereocenters. The van der Waals surface area contributed by atoms with Gasteiger partial charge < -0.3 is 0 Å². The van der Waals surface area contributed by atoms with Gasteiger partial charge in [0.1, 0.15) is 11.6 Å². The normalized spacial score (nSPS) is 15.5. The van der Waals surface area contributed by atoms with Crippen LogP contribution in [0.25, 0.3) is 0 Å². The first kappa shape index (κ1) is 11.4. The number of halogens is 2. The summed E-state index contributed by atoms with van der Waals surface area (Å²) in [6.07, 6.45) is 1.10. The Morgan fingerprint density at radius 3 is 2.24 bits per heavy atom. The largest absolute Gasteiger partial charge is 0.269 e. The van der Waals surface area contributed by atoms with E-state index in [4.69, 9.17) is 0 Å². The molecule has 1 aliphatic rings. The van der Waals surface area contributed by atoms with Gasteiger partial charge in [0.25, 0.3) is 11.8 Å². The number of benzene rings is 1. The SMILES string of the molecule is CC1=CC(=O)N(c2cc(F)c(C)cc2F)C1=O. The number of nitrogens with zero attached hydrogens (tertiary/aromatic N) is 1. The van der Waals surface area contributed by atoms with Crippen molar-refractivity contribution in [2.45, 2.75) is 13.8 Å². The van der Waals surface area contributed by atoms with Crippen molar-refractivity contribution in [3.05, 3.63) is 41.0 Å². The molecule has 1 aromatic carbocycles. The van der Waals surface area contributed by atoms with Crippen molar-refractivity contribution >= 4 is 17.5 Å². The van der Waals surface area contributed by atoms with E-state index in [1.165, 1.54) is 13.8 Å². The third kappa shape index (κ3) is 1.73. The Morgan fingerprint density at radius 2 is 1.71 bits per heavy atom. The molecule has 2 rings (SSSR count). The smallest absolute Gasteiger partial charge is 0.261 e. The van der Waals surface area contributed by atoms with E-state index in [1.54, 1.807) is 0 Å². The maximum Gasteiger partial charge on any atom is 0.261 e. The zero-order chi connectivity index (χ0) is 12.7. The molecule has 1 aromatic rings. The molecule has 0 aromatic heterocycles. The van der Waals surface area contributed by atoms with Crippen molar-refractivity contribution in [3.8, 4) is 0 Å². The van der Waals surface area contributed by atoms with E-state index in [2.05, 4.69) is 0 Å². The predicted octanol–water partition coefficient (Wildman–Crippen LogP) is 2.09. The first-order valence-corrected chi connectivity index (χ1v) is 4.94. The number of carbonyl (C=O) groups is 2. The van der Waals surface area contributed by atoms with Gasteiger partial charge in [-0.25, -0.2) is 13.7 Å². The number of carbonyl (C=O) groups excluding carboxylic acids is 2. The van der Waals surface area contributed by atoms with Crippen LogP contribution in [0.4, 0.5) is 14.5 Å². The number of rotatable bonds is 1. The van der Waals surface area contributed by atoms with E-state index in [1.807, 2.05) is 0 Å². The average molecular weight is 237 g/mol. The van der Waals surface area contributed by atoms with Crippen molar-refractivity contribution in [2.75, 3.05) is 4.90 Å². The standard InChI is InChI=1S/C12H9F2NO2/c1-6-3-9(14)10(5-8(6)13)15-11(16)4-7(2)12(15)17/h3-5H,1-2H3. The molecule has 0 saturated heterocycles. The molecule has 1 heterocycles. The fraction of sp³-hybridized carbons (Fsp3) is 0.167. The van der Waals surface area contributed by atoms with Gasteiger partial charge >= 0.3 is 0 Å². The first-order valence-electron chi connectivity index (χ1n) is 4.94. The summed E-state index contributed by atoms with van der Waals surface area (Å²) >= 11 is 0. The maximum atomic E-state index is 13.6. The molecule has 0 spiro atoms. The third-order valence-electron chi connectivity index (χ3n) is 2.57. The van der Waals surface area contributed by atoms with Crippen molar-refractivity contribution in [2.24, 2.45) is 0 Å². The molecule has 0 N–H and O–H groups in total. The summed E-state index contributed by atoms with van der Waals surface area (Å²) in [6, 6.07) is 1.81. The molecule has 0 aliphatic carbocycles. The zero-order valence-corrected chi connectivity index (χ0v) is 9.25. The lowest BCUT2D eigenvalue weighted by Crippen LogP contribution is -2.31. The fourth-order valence-corrected chi connectivity index (χ4v) is 1.62. The second-order valence-corrected chi connectivity index (χ2v) is 3.86. The molecule has 5 heteroatoms. The van der Waals surface area contributed by atoms with Crippen molar-refractivity contribution in [1.82, 2.24) is 0 Å². The van der Waals surface area contributed by atoms with Crippen molar-refractivity contribution in [1.29, 1.82) is 0 Å². The minimum Gasteiger partial charge on any atom is -0.269 e. The summed E-state index contributed by atoms with van der Waals surface area (Å²) in [7, 11) is 0. The summed E-state index contributed by atoms with van der Waals surface area (Å²) in [5.41, 5.74) is -0.0263. The summed E-state index contributed by atoms with van der Waals surface area (Å²) < 4.78 is 27.0. The minimum absolute atomic E-state index is 0.120. The second-order valence-electron chi connectivity index (χ2n) is 3.86. The number of anilines is 1. The monoisotopic (exact) mass is 237 g/mol. The number of amides is 2. The van der Waals surface area contributed by atoms with E-state index >= 15 is 0 Å². The summed E-state index contributed by atoms with van der Waals surface area (Å²) in [6.45, 7) is 2.85. The highest BCUT2D eigenvalue weighted by Crippen LogP contribution is 2.27. The van der Waals surface area contributed by atoms with Crippen LogP contribution in [0.3, 0.4) is 0 Å². The molecular weight excluding hydrogens is 228 g/mol. The zero-order valence-electron chi connectivity index (χ0n) is 9.25. The van der Waals surface area contributed by atoms with E-state index in [9.17, 15) is 18.4 Å². The number of hydrogen-bond donors (Lipinski definition) is 0. The molecular formula is C12H9F2NO2. The highest BCUT2D eigenvalue weighted by atomic mass is 19.1. The molecule has 2 amide bonds. The van der Waals surface area contributed by atoms with E-state index in [0.717, 1.165) is 18.2 Å². The highest BCUT2D eigenvalue weighted by Gasteiger charge is 2.32. The topological polar surface area (TPSA) is 37.4 Å². The van der Waals surface area contributed by atoms with Gasteiger partial charge in [0.2, 0.25) is 0 Å². The molecule has 17 heavy (non-hydrogen) atoms. The quantitative estimate of drug-likeness (QED) is 0.701. The van der Waals surface area contributed by atoms with Crippen LogP contribution in [-0.2, 0) is 9.59 Å². The first-order chi connectivity index (χ1) is 7.91. The lowest BCUT2D eigenvalue weighted by Gasteiger charge is -2.15. The average Bonchev–Trinajstić information content (AvgIpc) is 2.48. The predicted molar refractivity (Wildman–Crippen MR) is 57.3 cm³/mol. The molecule has 3 nitrogen and oxygen atoms in total. The Bertz CT molecular complexity index is 564. The van der Waals surface area contributed by atoms with Gasteiger partial charge in [-0.1, -0.05) is 0 Å². The number of imide groups is 1. The van der Waals surface area contributed by atoms with Gasteiger partial charge in [-0.15, -0.1) is 0 Å². The molecule has 0 fully saturated rings. The third-order valence-corrected chi connectivity index (χ3v) is 2.57. The number of aryl methyl sites for hydroxylation is 1. The van der Waals surface area contributed by atoms with Crippen molar-refractivity contribution in [3.63, 3.8) is 0 Å². The van der Waals surface area contributed by atoms with Crippen LogP contribution in [0.2, 0.25) is 0 Å². The Balaban J connectivity index is 2.53. The van der Waals surface area contributed by atoms with Crippen LogP contribution in [0, 0.1) is 18.6 Å². The molecule has 0 saturated carbocycles. The van der Waals surface area contributed by atoms with Crippen LogP contribution < -0.4 is 4.90 Å². The van der Waals surface area contributed by atoms with Crippen LogP contribution in [-0.4, -0.2) is 11.8 Å². The second kappa shape index (κ2) is 3.76. The Kier molecular flexibility index (Phi) is 2.53. The van der Waals surface area contributed by atoms with Crippen LogP contribution in [0.5, 0.6) is 0 Å². The Morgan fingerprint density at radius 1 is 1.06 bits per heavy atom. The molecule has 88 valence electrons. The molecule has 0 radical (unpaired) electrons. The molecule has 0 unspecified atom stereocenters. The summed E-state index contributed by atoms with van der Waals surface area (Å²) in [5.74, 6) is -2.74. The summed E-state index contributed by atoms with van der Waals surface area (Å²) in [5, 5.41) is 0. The van der Waals surface area contributed by atoms with Gasteiger partial charge in [-0.05, 0) is 25.5 Å². The van der Waals surface area contributed by atoms with E-state index in [-0.39, 0.29) is 16.8 Å². The highest BCUT2D eigenvalue weighted by molar-refractivity contribution is 6.30. The van der Waals surface area contributed by atoms with Gasteiger partial charge in [0, 0.05) is 17.7 Å². The molecule has 1 aliphatic heterocycles. The van der Waals surface area contributed by atoms with Crippen LogP contribution in [0.1, 0.15) is 12.5 Å². The summed E-state index contributed by atoms with van der Waals surface area (Å²) in [4.78, 5) is 23.7. The molecule has 0 bridgehead atoms.